The van der Waals surface area contributed by atoms with E-state index in [0.717, 1.165) is 31.7 Å². The maximum Gasteiger partial charge on any atom is 0.136 e. The Morgan fingerprint density at radius 3 is 2.47 bits per heavy atom. The molecule has 1 aromatic carbocycles. The van der Waals surface area contributed by atoms with E-state index in [1.807, 2.05) is 0 Å². The van der Waals surface area contributed by atoms with Crippen LogP contribution in [0.4, 0.5) is 8.78 Å². The van der Waals surface area contributed by atoms with Crippen LogP contribution in [0.2, 0.25) is 0 Å². The van der Waals surface area contributed by atoms with Gasteiger partial charge >= 0.3 is 0 Å². The summed E-state index contributed by atoms with van der Waals surface area (Å²) < 4.78 is 26.1. The third-order valence-electron chi connectivity index (χ3n) is 3.34. The lowest BCUT2D eigenvalue weighted by molar-refractivity contribution is -0.122. The number of hydrogen-bond donors (Lipinski definition) is 0. The zero-order chi connectivity index (χ0) is 12.3. The first-order chi connectivity index (χ1) is 8.15. The van der Waals surface area contributed by atoms with Gasteiger partial charge in [0.2, 0.25) is 0 Å². The Morgan fingerprint density at radius 1 is 1.06 bits per heavy atom. The Morgan fingerprint density at radius 2 is 1.76 bits per heavy atom. The smallest absolute Gasteiger partial charge is 0.136 e. The molecule has 0 aliphatic heterocycles. The fraction of sp³-hybridized carbons (Fsp3) is 0.500. The zero-order valence-electron chi connectivity index (χ0n) is 9.72. The summed E-state index contributed by atoms with van der Waals surface area (Å²) in [6, 6.07) is 3.50. The van der Waals surface area contributed by atoms with Crippen LogP contribution in [-0.2, 0) is 11.2 Å². The highest BCUT2D eigenvalue weighted by molar-refractivity contribution is 5.81. The Labute approximate surface area is 99.8 Å². The van der Waals surface area contributed by atoms with E-state index < -0.39 is 11.6 Å². The highest BCUT2D eigenvalue weighted by Crippen LogP contribution is 2.24. The van der Waals surface area contributed by atoms with E-state index in [9.17, 15) is 13.6 Å². The van der Waals surface area contributed by atoms with Crippen LogP contribution in [0.3, 0.4) is 0 Å². The van der Waals surface area contributed by atoms with Crippen LogP contribution in [0.15, 0.2) is 18.2 Å². The predicted molar refractivity (Wildman–Crippen MR) is 61.6 cm³/mol. The van der Waals surface area contributed by atoms with Gasteiger partial charge in [0.15, 0.2) is 0 Å². The van der Waals surface area contributed by atoms with Crippen molar-refractivity contribution in [1.29, 1.82) is 0 Å². The van der Waals surface area contributed by atoms with Gasteiger partial charge in [0.1, 0.15) is 17.4 Å². The van der Waals surface area contributed by atoms with Crippen molar-refractivity contribution in [1.82, 2.24) is 0 Å². The summed E-state index contributed by atoms with van der Waals surface area (Å²) >= 11 is 0. The van der Waals surface area contributed by atoms with Gasteiger partial charge in [0.05, 0.1) is 0 Å². The normalized spacial score (nSPS) is 21.3. The lowest BCUT2D eigenvalue weighted by Crippen LogP contribution is -2.15. The van der Waals surface area contributed by atoms with E-state index in [1.54, 1.807) is 0 Å². The van der Waals surface area contributed by atoms with E-state index in [1.165, 1.54) is 12.1 Å². The molecule has 0 saturated heterocycles. The van der Waals surface area contributed by atoms with Crippen LogP contribution >= 0.6 is 0 Å². The minimum absolute atomic E-state index is 0.0568. The number of benzene rings is 1. The number of halogens is 2. The Hall–Kier alpha value is -1.25. The molecule has 1 saturated carbocycles. The third-order valence-corrected chi connectivity index (χ3v) is 3.34. The van der Waals surface area contributed by atoms with E-state index in [4.69, 9.17) is 0 Å². The van der Waals surface area contributed by atoms with Gasteiger partial charge in [0.25, 0.3) is 0 Å². The first kappa shape index (κ1) is 12.2. The number of hydrogen-bond acceptors (Lipinski definition) is 1. The zero-order valence-corrected chi connectivity index (χ0v) is 9.72. The topological polar surface area (TPSA) is 17.1 Å². The Balaban J connectivity index is 2.10. The highest BCUT2D eigenvalue weighted by Gasteiger charge is 2.21. The van der Waals surface area contributed by atoms with Gasteiger partial charge in [-0.3, -0.25) is 4.79 Å². The maximum atomic E-state index is 13.0. The second-order valence-electron chi connectivity index (χ2n) is 4.74. The quantitative estimate of drug-likeness (QED) is 0.719. The summed E-state index contributed by atoms with van der Waals surface area (Å²) in [5.74, 6) is -0.951. The van der Waals surface area contributed by atoms with Crippen molar-refractivity contribution in [3.05, 3.63) is 35.4 Å². The van der Waals surface area contributed by atoms with Crippen molar-refractivity contribution < 1.29 is 13.6 Å². The fourth-order valence-corrected chi connectivity index (χ4v) is 2.46. The molecule has 0 radical (unpaired) electrons. The van der Waals surface area contributed by atoms with Crippen molar-refractivity contribution in [2.24, 2.45) is 5.92 Å². The molecule has 3 heteroatoms. The first-order valence-electron chi connectivity index (χ1n) is 6.13. The third kappa shape index (κ3) is 3.35. The monoisotopic (exact) mass is 238 g/mol. The second-order valence-corrected chi connectivity index (χ2v) is 4.74. The van der Waals surface area contributed by atoms with Crippen molar-refractivity contribution >= 4 is 5.78 Å². The lowest BCUT2D eigenvalue weighted by atomic mass is 9.91. The standard InChI is InChI=1S/C14H16F2O/c15-12-7-10(8-13(16)9-12)6-11-4-2-1-3-5-14(11)17/h7-9,11H,1-6H2. The largest absolute Gasteiger partial charge is 0.299 e. The summed E-state index contributed by atoms with van der Waals surface area (Å²) in [6.45, 7) is 0. The van der Waals surface area contributed by atoms with Gasteiger partial charge in [-0.25, -0.2) is 8.78 Å². The molecule has 92 valence electrons. The van der Waals surface area contributed by atoms with Crippen molar-refractivity contribution in [2.45, 2.75) is 38.5 Å². The van der Waals surface area contributed by atoms with Gasteiger partial charge < -0.3 is 0 Å². The minimum atomic E-state index is -0.568. The molecule has 0 bridgehead atoms. The van der Waals surface area contributed by atoms with Crippen molar-refractivity contribution in [3.8, 4) is 0 Å². The number of rotatable bonds is 2. The van der Waals surface area contributed by atoms with Gasteiger partial charge in [0, 0.05) is 18.4 Å². The molecular formula is C14H16F2O. The van der Waals surface area contributed by atoms with Crippen molar-refractivity contribution in [3.63, 3.8) is 0 Å². The number of carbonyl (C=O) groups is 1. The molecule has 1 nitrogen and oxygen atoms in total. The molecule has 1 fully saturated rings. The molecule has 1 aliphatic rings. The van der Waals surface area contributed by atoms with Gasteiger partial charge in [-0.15, -0.1) is 0 Å². The molecule has 1 unspecified atom stereocenters. The highest BCUT2D eigenvalue weighted by atomic mass is 19.1. The summed E-state index contributed by atoms with van der Waals surface area (Å²) in [7, 11) is 0. The maximum absolute atomic E-state index is 13.0. The van der Waals surface area contributed by atoms with Crippen molar-refractivity contribution in [2.75, 3.05) is 0 Å². The van der Waals surface area contributed by atoms with Crippen LogP contribution in [0, 0.1) is 17.6 Å². The minimum Gasteiger partial charge on any atom is -0.299 e. The van der Waals surface area contributed by atoms with E-state index in [-0.39, 0.29) is 11.7 Å². The molecule has 0 aromatic heterocycles. The summed E-state index contributed by atoms with van der Waals surface area (Å²) in [5.41, 5.74) is 0.586. The van der Waals surface area contributed by atoms with Crippen LogP contribution in [0.1, 0.15) is 37.7 Å². The predicted octanol–water partition coefficient (Wildman–Crippen LogP) is 3.66. The van der Waals surface area contributed by atoms with Crippen LogP contribution in [-0.4, -0.2) is 5.78 Å². The summed E-state index contributed by atoms with van der Waals surface area (Å²) in [4.78, 5) is 11.8. The molecule has 0 N–H and O–H groups in total. The molecule has 17 heavy (non-hydrogen) atoms. The molecule has 0 amide bonds. The number of Topliss-reactive ketones (excluding diaryl/α,β-unsaturated/α-hetero) is 1. The lowest BCUT2D eigenvalue weighted by Gasteiger charge is -2.12. The molecule has 1 aliphatic carbocycles. The molecule has 1 aromatic rings. The molecule has 0 spiro atoms. The second kappa shape index (κ2) is 5.39. The molecule has 0 heterocycles. The average molecular weight is 238 g/mol. The summed E-state index contributed by atoms with van der Waals surface area (Å²) in [6.07, 6.45) is 4.99. The van der Waals surface area contributed by atoms with E-state index >= 15 is 0 Å². The fourth-order valence-electron chi connectivity index (χ4n) is 2.46. The van der Waals surface area contributed by atoms with Crippen LogP contribution in [0.5, 0.6) is 0 Å². The Bertz CT molecular complexity index is 394. The van der Waals surface area contributed by atoms with Crippen LogP contribution in [0.25, 0.3) is 0 Å². The molecule has 1 atom stereocenters. The average Bonchev–Trinajstić information content (AvgIpc) is 2.43. The Kier molecular flexibility index (Phi) is 3.87. The first-order valence-corrected chi connectivity index (χ1v) is 6.13. The summed E-state index contributed by atoms with van der Waals surface area (Å²) in [5, 5.41) is 0. The van der Waals surface area contributed by atoms with Gasteiger partial charge in [-0.05, 0) is 37.0 Å². The van der Waals surface area contributed by atoms with Crippen LogP contribution < -0.4 is 0 Å². The van der Waals surface area contributed by atoms with E-state index in [2.05, 4.69) is 0 Å². The van der Waals surface area contributed by atoms with E-state index in [0.29, 0.717) is 18.4 Å². The SMILES string of the molecule is O=C1CCCCCC1Cc1cc(F)cc(F)c1. The van der Waals surface area contributed by atoms with Gasteiger partial charge in [-0.1, -0.05) is 12.8 Å². The number of carbonyl (C=O) groups excluding carboxylic acids is 1. The molecular weight excluding hydrogens is 222 g/mol. The molecule has 2 rings (SSSR count). The van der Waals surface area contributed by atoms with Gasteiger partial charge in [-0.2, -0.15) is 0 Å². The number of ketones is 1.